The van der Waals surface area contributed by atoms with Gasteiger partial charge in [0.2, 0.25) is 0 Å². The molecule has 8 nitrogen and oxygen atoms in total. The summed E-state index contributed by atoms with van der Waals surface area (Å²) in [5.74, 6) is 1.79. The average Bonchev–Trinajstić information content (AvgIpc) is 3.32. The summed E-state index contributed by atoms with van der Waals surface area (Å²) in [6.45, 7) is 5.35. The van der Waals surface area contributed by atoms with Gasteiger partial charge in [0.15, 0.2) is 0 Å². The van der Waals surface area contributed by atoms with Gasteiger partial charge in [0.25, 0.3) is 0 Å². The van der Waals surface area contributed by atoms with Crippen LogP contribution in [0.5, 0.6) is 5.75 Å². The van der Waals surface area contributed by atoms with Crippen LogP contribution in [0.3, 0.4) is 0 Å². The molecule has 2 aromatic rings. The highest BCUT2D eigenvalue weighted by atomic mass is 16.5. The second-order valence-corrected chi connectivity index (χ2v) is 8.77. The Bertz CT molecular complexity index is 875. The molecule has 0 spiro atoms. The van der Waals surface area contributed by atoms with E-state index in [1.165, 1.54) is 0 Å². The summed E-state index contributed by atoms with van der Waals surface area (Å²) in [7, 11) is 2.15. The SMILES string of the molecule is CN(CCOc1cccc(CNC(=O)NC2CCN(c3ccccn3)C2)c1)C1CCOCC1. The van der Waals surface area contributed by atoms with Crippen molar-refractivity contribution in [2.75, 3.05) is 51.4 Å². The minimum Gasteiger partial charge on any atom is -0.492 e. The third-order valence-corrected chi connectivity index (χ3v) is 6.38. The number of rotatable bonds is 9. The summed E-state index contributed by atoms with van der Waals surface area (Å²) in [6, 6.07) is 14.4. The number of aromatic nitrogens is 1. The highest BCUT2D eigenvalue weighted by molar-refractivity contribution is 5.74. The molecule has 1 unspecified atom stereocenters. The molecule has 0 bridgehead atoms. The van der Waals surface area contributed by atoms with Crippen LogP contribution < -0.4 is 20.3 Å². The van der Waals surface area contributed by atoms with E-state index >= 15 is 0 Å². The number of hydrogen-bond acceptors (Lipinski definition) is 6. The monoisotopic (exact) mass is 453 g/mol. The van der Waals surface area contributed by atoms with Crippen molar-refractivity contribution in [1.29, 1.82) is 0 Å². The summed E-state index contributed by atoms with van der Waals surface area (Å²) in [5.41, 5.74) is 1.02. The number of ether oxygens (including phenoxy) is 2. The minimum absolute atomic E-state index is 0.120. The number of benzene rings is 1. The lowest BCUT2D eigenvalue weighted by Gasteiger charge is -2.31. The Morgan fingerprint density at radius 1 is 1.21 bits per heavy atom. The van der Waals surface area contributed by atoms with E-state index in [-0.39, 0.29) is 12.1 Å². The molecule has 2 aliphatic rings. The summed E-state index contributed by atoms with van der Waals surface area (Å²) in [4.78, 5) is 21.3. The highest BCUT2D eigenvalue weighted by Gasteiger charge is 2.24. The predicted octanol–water partition coefficient (Wildman–Crippen LogP) is 2.65. The molecule has 2 fully saturated rings. The molecule has 1 aromatic heterocycles. The molecular formula is C25H35N5O3. The van der Waals surface area contributed by atoms with Crippen LogP contribution in [0.15, 0.2) is 48.7 Å². The number of likely N-dealkylation sites (N-methyl/N-ethyl adjacent to an activating group) is 1. The summed E-state index contributed by atoms with van der Waals surface area (Å²) < 4.78 is 11.4. The van der Waals surface area contributed by atoms with Crippen molar-refractivity contribution in [3.63, 3.8) is 0 Å². The maximum atomic E-state index is 12.4. The molecule has 3 heterocycles. The Hall–Kier alpha value is -2.84. The fourth-order valence-corrected chi connectivity index (χ4v) is 4.41. The number of nitrogens with one attached hydrogen (secondary N) is 2. The number of amides is 2. The van der Waals surface area contributed by atoms with Crippen LogP contribution in [-0.2, 0) is 11.3 Å². The second-order valence-electron chi connectivity index (χ2n) is 8.77. The molecule has 2 N–H and O–H groups in total. The topological polar surface area (TPSA) is 79.0 Å². The summed E-state index contributed by atoms with van der Waals surface area (Å²) >= 11 is 0. The Morgan fingerprint density at radius 3 is 2.91 bits per heavy atom. The molecule has 33 heavy (non-hydrogen) atoms. The van der Waals surface area contributed by atoms with E-state index in [0.29, 0.717) is 19.2 Å². The quantitative estimate of drug-likeness (QED) is 0.608. The molecule has 1 atom stereocenters. The first-order valence-corrected chi connectivity index (χ1v) is 11.9. The van der Waals surface area contributed by atoms with Crippen molar-refractivity contribution in [3.8, 4) is 5.75 Å². The maximum absolute atomic E-state index is 12.4. The molecule has 0 aliphatic carbocycles. The number of urea groups is 1. The molecule has 0 radical (unpaired) electrons. The van der Waals surface area contributed by atoms with Crippen LogP contribution in [0.25, 0.3) is 0 Å². The second kappa shape index (κ2) is 11.9. The van der Waals surface area contributed by atoms with Gasteiger partial charge in [-0.2, -0.15) is 0 Å². The van der Waals surface area contributed by atoms with Gasteiger partial charge in [-0.3, -0.25) is 4.90 Å². The van der Waals surface area contributed by atoms with Gasteiger partial charge >= 0.3 is 6.03 Å². The summed E-state index contributed by atoms with van der Waals surface area (Å²) in [6.07, 6.45) is 4.88. The summed E-state index contributed by atoms with van der Waals surface area (Å²) in [5, 5.41) is 6.04. The van der Waals surface area contributed by atoms with Crippen LogP contribution in [0.2, 0.25) is 0 Å². The van der Waals surface area contributed by atoms with E-state index in [1.54, 1.807) is 6.20 Å². The first kappa shape index (κ1) is 23.3. The Balaban J connectivity index is 1.16. The lowest BCUT2D eigenvalue weighted by atomic mass is 10.1. The van der Waals surface area contributed by atoms with Crippen LogP contribution >= 0.6 is 0 Å². The molecule has 178 valence electrons. The van der Waals surface area contributed by atoms with Crippen LogP contribution in [0.1, 0.15) is 24.8 Å². The van der Waals surface area contributed by atoms with Crippen molar-refractivity contribution in [2.45, 2.75) is 37.9 Å². The standard InChI is InChI=1S/C25H35N5O3/c1-29(22-9-14-32-15-10-22)13-16-33-23-6-4-5-20(17-23)18-27-25(31)28-21-8-12-30(19-21)24-7-2-3-11-26-24/h2-7,11,17,21-22H,8-10,12-16,18-19H2,1H3,(H2,27,28,31). The third-order valence-electron chi connectivity index (χ3n) is 6.38. The van der Waals surface area contributed by atoms with Crippen molar-refractivity contribution in [2.24, 2.45) is 0 Å². The zero-order valence-electron chi connectivity index (χ0n) is 19.4. The highest BCUT2D eigenvalue weighted by Crippen LogP contribution is 2.18. The molecule has 2 aliphatic heterocycles. The van der Waals surface area contributed by atoms with E-state index < -0.39 is 0 Å². The van der Waals surface area contributed by atoms with Crippen LogP contribution in [0.4, 0.5) is 10.6 Å². The third kappa shape index (κ3) is 7.07. The van der Waals surface area contributed by atoms with Gasteiger partial charge in [-0.25, -0.2) is 9.78 Å². The molecule has 2 saturated heterocycles. The van der Waals surface area contributed by atoms with Crippen molar-refractivity contribution >= 4 is 11.8 Å². The molecule has 2 amide bonds. The molecule has 4 rings (SSSR count). The van der Waals surface area contributed by atoms with Crippen LogP contribution in [0, 0.1) is 0 Å². The first-order chi connectivity index (χ1) is 16.2. The lowest BCUT2D eigenvalue weighted by Crippen LogP contribution is -2.43. The first-order valence-electron chi connectivity index (χ1n) is 11.9. The Labute approximate surface area is 196 Å². The fraction of sp³-hybridized carbons (Fsp3) is 0.520. The van der Waals surface area contributed by atoms with E-state index in [2.05, 4.69) is 32.5 Å². The number of anilines is 1. The number of pyridine rings is 1. The van der Waals surface area contributed by atoms with Crippen molar-refractivity contribution < 1.29 is 14.3 Å². The largest absolute Gasteiger partial charge is 0.492 e. The van der Waals surface area contributed by atoms with E-state index in [0.717, 1.165) is 69.2 Å². The van der Waals surface area contributed by atoms with Crippen molar-refractivity contribution in [3.05, 3.63) is 54.2 Å². The molecule has 8 heteroatoms. The maximum Gasteiger partial charge on any atom is 0.315 e. The van der Waals surface area contributed by atoms with Gasteiger partial charge in [0.1, 0.15) is 18.2 Å². The zero-order valence-corrected chi connectivity index (χ0v) is 19.4. The average molecular weight is 454 g/mol. The van der Waals surface area contributed by atoms with E-state index in [9.17, 15) is 4.79 Å². The van der Waals surface area contributed by atoms with E-state index in [1.807, 2.05) is 42.5 Å². The van der Waals surface area contributed by atoms with Gasteiger partial charge in [0, 0.05) is 57.7 Å². The fourth-order valence-electron chi connectivity index (χ4n) is 4.41. The van der Waals surface area contributed by atoms with Gasteiger partial charge in [-0.15, -0.1) is 0 Å². The number of nitrogens with zero attached hydrogens (tertiary/aromatic N) is 3. The number of carbonyl (C=O) groups excluding carboxylic acids is 1. The molecule has 0 saturated carbocycles. The smallest absolute Gasteiger partial charge is 0.315 e. The molecular weight excluding hydrogens is 418 g/mol. The number of hydrogen-bond donors (Lipinski definition) is 2. The Morgan fingerprint density at radius 2 is 2.09 bits per heavy atom. The normalized spacial score (nSPS) is 19.0. The van der Waals surface area contributed by atoms with Crippen molar-refractivity contribution in [1.82, 2.24) is 20.5 Å². The minimum atomic E-state index is -0.146. The van der Waals surface area contributed by atoms with Gasteiger partial charge in [-0.05, 0) is 56.1 Å². The van der Waals surface area contributed by atoms with Gasteiger partial charge in [-0.1, -0.05) is 18.2 Å². The van der Waals surface area contributed by atoms with Crippen LogP contribution in [-0.4, -0.2) is 74.5 Å². The van der Waals surface area contributed by atoms with Gasteiger partial charge < -0.3 is 25.0 Å². The van der Waals surface area contributed by atoms with Gasteiger partial charge in [0.05, 0.1) is 0 Å². The molecule has 1 aromatic carbocycles. The lowest BCUT2D eigenvalue weighted by molar-refractivity contribution is 0.0392. The number of carbonyl (C=O) groups is 1. The van der Waals surface area contributed by atoms with E-state index in [4.69, 9.17) is 9.47 Å². The predicted molar refractivity (Wildman–Crippen MR) is 129 cm³/mol. The Kier molecular flexibility index (Phi) is 8.38. The zero-order chi connectivity index (χ0) is 22.9.